The van der Waals surface area contributed by atoms with Gasteiger partial charge in [0.25, 0.3) is 0 Å². The first-order chi connectivity index (χ1) is 14.7. The molecule has 0 amide bonds. The second kappa shape index (κ2) is 9.73. The summed E-state index contributed by atoms with van der Waals surface area (Å²) >= 11 is 0. The third-order valence-corrected chi connectivity index (χ3v) is 6.94. The van der Waals surface area contributed by atoms with Crippen molar-refractivity contribution in [3.63, 3.8) is 0 Å². The Hall–Kier alpha value is -1.33. The van der Waals surface area contributed by atoms with E-state index >= 15 is 0 Å². The van der Waals surface area contributed by atoms with Gasteiger partial charge in [0.2, 0.25) is 0 Å². The van der Waals surface area contributed by atoms with Gasteiger partial charge >= 0.3 is 29.6 Å². The summed E-state index contributed by atoms with van der Waals surface area (Å²) in [6, 6.07) is -0.629. The third kappa shape index (κ3) is 5.35. The van der Waals surface area contributed by atoms with E-state index in [0.29, 0.717) is 12.8 Å². The van der Waals surface area contributed by atoms with E-state index in [0.717, 1.165) is 0 Å². The van der Waals surface area contributed by atoms with Crippen LogP contribution in [0.5, 0.6) is 0 Å². The zero-order chi connectivity index (χ0) is 26.2. The van der Waals surface area contributed by atoms with Gasteiger partial charge < -0.3 is 0 Å². The van der Waals surface area contributed by atoms with E-state index in [1.165, 1.54) is 0 Å². The zero-order valence-corrected chi connectivity index (χ0v) is 17.7. The molecule has 0 N–H and O–H groups in total. The predicted molar refractivity (Wildman–Crippen MR) is 92.3 cm³/mol. The highest BCUT2D eigenvalue weighted by Crippen LogP contribution is 2.62. The van der Waals surface area contributed by atoms with Crippen LogP contribution in [0.25, 0.3) is 0 Å². The molecule has 0 aliphatic carbocycles. The number of hydrogen-bond acceptors (Lipinski definition) is 0. The van der Waals surface area contributed by atoms with E-state index in [9.17, 15) is 61.5 Å². The molecule has 0 aliphatic rings. The molecule has 0 aromatic heterocycles. The molecule has 0 saturated carbocycles. The van der Waals surface area contributed by atoms with Crippen LogP contribution in [0.2, 0.25) is 0 Å². The van der Waals surface area contributed by atoms with Crippen molar-refractivity contribution in [3.8, 4) is 0 Å². The fraction of sp³-hybridized carbons (Fsp3) is 0.667. The van der Waals surface area contributed by atoms with E-state index in [2.05, 4.69) is 0 Å². The first-order valence-corrected chi connectivity index (χ1v) is 11.0. The second-order valence-electron chi connectivity index (χ2n) is 7.14. The van der Waals surface area contributed by atoms with Crippen LogP contribution in [0.4, 0.5) is 61.5 Å². The smallest absolute Gasteiger partial charge is 0.206 e. The van der Waals surface area contributed by atoms with Gasteiger partial charge in [-0.05, 0) is 19.2 Å². The van der Waals surface area contributed by atoms with Crippen molar-refractivity contribution in [1.29, 1.82) is 0 Å². The summed E-state index contributed by atoms with van der Waals surface area (Å²) in [5.41, 5.74) is -9.25. The van der Waals surface area contributed by atoms with E-state index in [1.54, 1.807) is 6.92 Å². The zero-order valence-electron chi connectivity index (χ0n) is 16.9. The maximum Gasteiger partial charge on any atom is 0.458 e. The number of rotatable bonds is 10. The average Bonchev–Trinajstić information content (AvgIpc) is 2.66. The highest BCUT2D eigenvalue weighted by molar-refractivity contribution is 7.66. The van der Waals surface area contributed by atoms with Crippen LogP contribution in [0.1, 0.15) is 44.6 Å². The van der Waals surface area contributed by atoms with Crippen molar-refractivity contribution in [2.75, 3.05) is 6.66 Å². The van der Waals surface area contributed by atoms with Crippen LogP contribution in [0.3, 0.4) is 0 Å². The predicted octanol–water partition coefficient (Wildman–Crippen LogP) is 8.33. The van der Waals surface area contributed by atoms with Crippen LogP contribution in [0.15, 0.2) is 6.07 Å². The molecule has 0 nitrogen and oxygen atoms in total. The molecule has 33 heavy (non-hydrogen) atoms. The van der Waals surface area contributed by atoms with Gasteiger partial charge in [0.05, 0.1) is 0 Å². The van der Waals surface area contributed by atoms with E-state index < -0.39 is 84.8 Å². The first-order valence-electron chi connectivity index (χ1n) is 9.18. The summed E-state index contributed by atoms with van der Waals surface area (Å²) < 4.78 is 191. The lowest BCUT2D eigenvalue weighted by Gasteiger charge is -2.36. The van der Waals surface area contributed by atoms with Gasteiger partial charge in [-0.1, -0.05) is 26.2 Å². The topological polar surface area (TPSA) is 0 Å². The Morgan fingerprint density at radius 1 is 0.758 bits per heavy atom. The van der Waals surface area contributed by atoms with Crippen LogP contribution in [-0.4, -0.2) is 30.3 Å². The first kappa shape index (κ1) is 29.7. The quantitative estimate of drug-likeness (QED) is 0.124. The standard InChI is InChI=1S/C18H17F14P/c1-3-4-5-6-7-14(22,23)16(26,27)18(31,32)33(2)10-8-9(19)12(20)11(13(10)21)15(24,25)17(28,29)30/h8H,3-7H2,1-2H3. The van der Waals surface area contributed by atoms with Crippen LogP contribution >= 0.6 is 7.92 Å². The molecule has 0 saturated heterocycles. The minimum atomic E-state index is -6.73. The average molecular weight is 530 g/mol. The van der Waals surface area contributed by atoms with Crippen molar-refractivity contribution in [2.45, 2.75) is 68.6 Å². The molecular formula is C18H17F14P. The summed E-state index contributed by atoms with van der Waals surface area (Å²) in [6.45, 7) is 1.58. The SMILES string of the molecule is CCCCCCC(F)(F)C(F)(F)C(F)(F)P(C)c1cc(F)c(F)c(C(F)(F)C(F)(F)F)c1F. The highest BCUT2D eigenvalue weighted by Gasteiger charge is 2.73. The van der Waals surface area contributed by atoms with Gasteiger partial charge in [-0.25, -0.2) is 13.2 Å². The molecule has 1 unspecified atom stereocenters. The number of alkyl halides is 11. The number of unbranched alkanes of at least 4 members (excludes halogenated alkanes) is 3. The highest BCUT2D eigenvalue weighted by atomic mass is 31.1. The Morgan fingerprint density at radius 3 is 1.73 bits per heavy atom. The van der Waals surface area contributed by atoms with Crippen molar-refractivity contribution < 1.29 is 61.5 Å². The molecule has 1 atom stereocenters. The molecule has 1 aromatic carbocycles. The lowest BCUT2D eigenvalue weighted by Crippen LogP contribution is -2.54. The number of benzene rings is 1. The largest absolute Gasteiger partial charge is 0.458 e. The number of hydrogen-bond donors (Lipinski definition) is 0. The maximum atomic E-state index is 14.4. The molecule has 192 valence electrons. The van der Waals surface area contributed by atoms with E-state index in [1.807, 2.05) is 0 Å². The maximum absolute atomic E-state index is 14.4. The summed E-state index contributed by atoms with van der Waals surface area (Å²) in [4.78, 5) is 0. The van der Waals surface area contributed by atoms with Crippen LogP contribution in [-0.2, 0) is 5.92 Å². The van der Waals surface area contributed by atoms with Gasteiger partial charge in [-0.2, -0.15) is 48.3 Å². The number of halogens is 14. The monoisotopic (exact) mass is 530 g/mol. The molecular weight excluding hydrogens is 513 g/mol. The summed E-state index contributed by atoms with van der Waals surface area (Å²) in [5, 5.41) is -2.20. The van der Waals surface area contributed by atoms with Crippen molar-refractivity contribution in [2.24, 2.45) is 0 Å². The Morgan fingerprint density at radius 2 is 1.27 bits per heavy atom. The molecule has 0 aliphatic heterocycles. The lowest BCUT2D eigenvalue weighted by molar-refractivity contribution is -0.291. The Bertz CT molecular complexity index is 830. The molecule has 0 heterocycles. The van der Waals surface area contributed by atoms with E-state index in [-0.39, 0.29) is 13.1 Å². The van der Waals surface area contributed by atoms with Crippen LogP contribution < -0.4 is 5.30 Å². The summed E-state index contributed by atoms with van der Waals surface area (Å²) in [7, 11) is -4.39. The fourth-order valence-corrected chi connectivity index (χ4v) is 4.37. The lowest BCUT2D eigenvalue weighted by atomic mass is 10.0. The molecule has 0 fully saturated rings. The normalized spacial score (nSPS) is 15.2. The van der Waals surface area contributed by atoms with Gasteiger partial charge in [0, 0.05) is 19.6 Å². The molecule has 1 rings (SSSR count). The molecule has 0 spiro atoms. The van der Waals surface area contributed by atoms with Gasteiger partial charge in [0.1, 0.15) is 11.4 Å². The summed E-state index contributed by atoms with van der Waals surface area (Å²) in [5.74, 6) is -26.9. The van der Waals surface area contributed by atoms with E-state index in [4.69, 9.17) is 0 Å². The van der Waals surface area contributed by atoms with Gasteiger partial charge in [-0.3, -0.25) is 0 Å². The Kier molecular flexibility index (Phi) is 8.76. The van der Waals surface area contributed by atoms with Crippen molar-refractivity contribution >= 4 is 13.2 Å². The molecule has 0 radical (unpaired) electrons. The van der Waals surface area contributed by atoms with Gasteiger partial charge in [-0.15, -0.1) is 0 Å². The summed E-state index contributed by atoms with van der Waals surface area (Å²) in [6.07, 6.45) is -8.31. The molecule has 15 heteroatoms. The minimum Gasteiger partial charge on any atom is -0.206 e. The fourth-order valence-electron chi connectivity index (χ4n) is 2.76. The van der Waals surface area contributed by atoms with Gasteiger partial charge in [0.15, 0.2) is 11.6 Å². The third-order valence-electron chi connectivity index (χ3n) is 4.77. The molecule has 0 bridgehead atoms. The van der Waals surface area contributed by atoms with Crippen LogP contribution in [0, 0.1) is 17.5 Å². The Balaban J connectivity index is 3.56. The van der Waals surface area contributed by atoms with Crippen molar-refractivity contribution in [1.82, 2.24) is 0 Å². The second-order valence-corrected chi connectivity index (χ2v) is 9.30. The minimum absolute atomic E-state index is 0.0255. The Labute approximate surface area is 180 Å². The van der Waals surface area contributed by atoms with Crippen molar-refractivity contribution in [3.05, 3.63) is 29.1 Å². The molecule has 1 aromatic rings.